The fraction of sp³-hybridized carbons (Fsp3) is 0.500. The minimum absolute atomic E-state index is 0.113. The quantitative estimate of drug-likeness (QED) is 0.364. The van der Waals surface area contributed by atoms with Gasteiger partial charge in [-0.3, -0.25) is 19.4 Å². The Bertz CT molecular complexity index is 1590. The van der Waals surface area contributed by atoms with E-state index in [1.54, 1.807) is 20.8 Å². The van der Waals surface area contributed by atoms with E-state index in [-0.39, 0.29) is 35.5 Å². The minimum atomic E-state index is -5.55. The highest BCUT2D eigenvalue weighted by Crippen LogP contribution is 2.61. The Morgan fingerprint density at radius 1 is 1.11 bits per heavy atom. The number of amides is 2. The lowest BCUT2D eigenvalue weighted by Gasteiger charge is -2.52. The number of nitrogens with zero attached hydrogens (tertiary/aromatic N) is 2. The molecule has 1 unspecified atom stereocenters. The standard InChI is InChI=1S/C30H30ClF6N3O5/c1-27(2,3)12-20-29(15-8-18(33)16(31)9-19(15)38-25(29)43)21(14-6-5-7-17(32)22(14)34)23(24(41)42)40(20)39(26(44)30(35,36)37)13-10-28(4,45)11-13/h5-9,13,20-21,23,45H,10-12H2,1-4H3,(H,38,43)(H,41,42)/t13?,20-,21-,23+,28?,29?/m0/s1. The number of carbonyl (C=O) groups is 3. The van der Waals surface area contributed by atoms with Gasteiger partial charge < -0.3 is 15.5 Å². The van der Waals surface area contributed by atoms with Crippen LogP contribution in [0.25, 0.3) is 0 Å². The number of carboxylic acid groups (broad SMARTS) is 1. The second-order valence-electron chi connectivity index (χ2n) is 13.4. The zero-order valence-electron chi connectivity index (χ0n) is 24.5. The summed E-state index contributed by atoms with van der Waals surface area (Å²) in [5.74, 6) is -11.4. The van der Waals surface area contributed by atoms with E-state index in [1.807, 2.05) is 0 Å². The highest BCUT2D eigenvalue weighted by atomic mass is 35.5. The normalized spacial score (nSPS) is 29.8. The molecule has 1 aliphatic carbocycles. The summed E-state index contributed by atoms with van der Waals surface area (Å²) in [5, 5.41) is 24.1. The van der Waals surface area contributed by atoms with E-state index in [4.69, 9.17) is 11.6 Å². The fourth-order valence-corrected chi connectivity index (χ4v) is 7.42. The van der Waals surface area contributed by atoms with Gasteiger partial charge in [-0.15, -0.1) is 0 Å². The van der Waals surface area contributed by atoms with Gasteiger partial charge in [0, 0.05) is 11.6 Å². The van der Waals surface area contributed by atoms with E-state index in [9.17, 15) is 42.2 Å². The van der Waals surface area contributed by atoms with Gasteiger partial charge in [-0.05, 0) is 60.9 Å². The molecule has 1 spiro atoms. The van der Waals surface area contributed by atoms with Crippen molar-refractivity contribution in [2.45, 2.75) is 88.2 Å². The average molecular weight is 662 g/mol. The van der Waals surface area contributed by atoms with Gasteiger partial charge in [0.05, 0.1) is 22.7 Å². The number of fused-ring (bicyclic) bond motifs is 2. The van der Waals surface area contributed by atoms with E-state index < -0.39 is 92.5 Å². The molecular weight excluding hydrogens is 632 g/mol. The molecule has 4 atom stereocenters. The molecule has 3 N–H and O–H groups in total. The Balaban J connectivity index is 1.92. The van der Waals surface area contributed by atoms with Crippen LogP contribution in [-0.4, -0.2) is 67.9 Å². The van der Waals surface area contributed by atoms with Gasteiger partial charge in [-0.1, -0.05) is 44.5 Å². The molecule has 45 heavy (non-hydrogen) atoms. The predicted octanol–water partition coefficient (Wildman–Crippen LogP) is 5.52. The van der Waals surface area contributed by atoms with Crippen molar-refractivity contribution in [1.29, 1.82) is 0 Å². The lowest BCUT2D eigenvalue weighted by molar-refractivity contribution is -0.230. The second kappa shape index (κ2) is 10.6. The number of rotatable bonds is 5. The summed E-state index contributed by atoms with van der Waals surface area (Å²) in [6.07, 6.45) is -6.62. The van der Waals surface area contributed by atoms with Gasteiger partial charge in [-0.2, -0.15) is 18.2 Å². The molecule has 0 aromatic heterocycles. The topological polar surface area (TPSA) is 110 Å². The van der Waals surface area contributed by atoms with Crippen molar-refractivity contribution in [3.05, 3.63) is 63.9 Å². The summed E-state index contributed by atoms with van der Waals surface area (Å²) in [5.41, 5.74) is -5.83. The molecule has 2 aromatic carbocycles. The lowest BCUT2D eigenvalue weighted by Crippen LogP contribution is -2.67. The SMILES string of the molecule is CC(C)(C)C[C@@H]1N(N(C(=O)C(F)(F)F)C2CC(C)(O)C2)[C@@H](C(=O)O)[C@H](c2cccc(F)c2F)C12C(=O)Nc1cc(Cl)c(F)cc12. The maximum atomic E-state index is 15.7. The van der Waals surface area contributed by atoms with Crippen molar-refractivity contribution >= 4 is 35.1 Å². The van der Waals surface area contributed by atoms with Crippen LogP contribution in [0.4, 0.5) is 32.0 Å². The molecule has 1 saturated heterocycles. The summed E-state index contributed by atoms with van der Waals surface area (Å²) in [6, 6.07) is -0.726. The number of carboxylic acids is 1. The van der Waals surface area contributed by atoms with E-state index >= 15 is 8.78 Å². The number of hydrogen-bond donors (Lipinski definition) is 3. The van der Waals surface area contributed by atoms with Crippen molar-refractivity contribution < 1.29 is 50.9 Å². The summed E-state index contributed by atoms with van der Waals surface area (Å²) in [4.78, 5) is 40.8. The van der Waals surface area contributed by atoms with Crippen LogP contribution in [0, 0.1) is 22.9 Å². The van der Waals surface area contributed by atoms with Crippen LogP contribution in [0.3, 0.4) is 0 Å². The molecule has 8 nitrogen and oxygen atoms in total. The number of anilines is 1. The van der Waals surface area contributed by atoms with Gasteiger partial charge >= 0.3 is 18.1 Å². The van der Waals surface area contributed by atoms with Crippen LogP contribution >= 0.6 is 11.6 Å². The molecule has 2 aliphatic heterocycles. The first-order chi connectivity index (χ1) is 20.6. The zero-order chi connectivity index (χ0) is 33.6. The number of halogens is 7. The first kappa shape index (κ1) is 33.0. The maximum Gasteiger partial charge on any atom is 0.472 e. The molecule has 2 aromatic rings. The Kier molecular flexibility index (Phi) is 7.77. The Labute approximate surface area is 258 Å². The van der Waals surface area contributed by atoms with Crippen LogP contribution < -0.4 is 5.32 Å². The Hall–Kier alpha value is -3.36. The first-order valence-corrected chi connectivity index (χ1v) is 14.4. The number of nitrogens with one attached hydrogen (secondary N) is 1. The zero-order valence-corrected chi connectivity index (χ0v) is 25.2. The average Bonchev–Trinajstić information content (AvgIpc) is 3.31. The molecule has 244 valence electrons. The molecule has 5 rings (SSSR count). The minimum Gasteiger partial charge on any atom is -0.480 e. The fourth-order valence-electron chi connectivity index (χ4n) is 7.26. The molecule has 1 saturated carbocycles. The maximum absolute atomic E-state index is 15.7. The second-order valence-corrected chi connectivity index (χ2v) is 13.8. The van der Waals surface area contributed by atoms with Crippen molar-refractivity contribution in [3.63, 3.8) is 0 Å². The molecule has 0 radical (unpaired) electrons. The monoisotopic (exact) mass is 661 g/mol. The van der Waals surface area contributed by atoms with Crippen LogP contribution in [0.5, 0.6) is 0 Å². The number of carbonyl (C=O) groups excluding carboxylic acids is 2. The van der Waals surface area contributed by atoms with Crippen LogP contribution in [0.15, 0.2) is 30.3 Å². The summed E-state index contributed by atoms with van der Waals surface area (Å²) in [6.45, 7) is 6.26. The van der Waals surface area contributed by atoms with Crippen LogP contribution in [-0.2, 0) is 19.8 Å². The van der Waals surface area contributed by atoms with Crippen molar-refractivity contribution in [1.82, 2.24) is 10.0 Å². The molecule has 2 fully saturated rings. The molecule has 0 bridgehead atoms. The van der Waals surface area contributed by atoms with Crippen LogP contribution in [0.1, 0.15) is 64.0 Å². The number of aliphatic carboxylic acids is 1. The van der Waals surface area contributed by atoms with Gasteiger partial charge in [0.2, 0.25) is 5.91 Å². The number of hydrazine groups is 1. The van der Waals surface area contributed by atoms with Crippen LogP contribution in [0.2, 0.25) is 5.02 Å². The predicted molar refractivity (Wildman–Crippen MR) is 148 cm³/mol. The van der Waals surface area contributed by atoms with E-state index in [2.05, 4.69) is 5.32 Å². The van der Waals surface area contributed by atoms with E-state index in [0.717, 1.165) is 30.3 Å². The van der Waals surface area contributed by atoms with Crippen molar-refractivity contribution in [2.75, 3.05) is 5.32 Å². The number of alkyl halides is 3. The molecular formula is C30H30ClF6N3O5. The highest BCUT2D eigenvalue weighted by molar-refractivity contribution is 6.31. The third kappa shape index (κ3) is 5.24. The highest BCUT2D eigenvalue weighted by Gasteiger charge is 2.72. The Morgan fingerprint density at radius 2 is 1.73 bits per heavy atom. The summed E-state index contributed by atoms with van der Waals surface area (Å²) in [7, 11) is 0. The van der Waals surface area contributed by atoms with E-state index in [1.165, 1.54) is 6.92 Å². The third-order valence-corrected chi connectivity index (χ3v) is 9.13. The summed E-state index contributed by atoms with van der Waals surface area (Å²) >= 11 is 5.98. The Morgan fingerprint density at radius 3 is 2.27 bits per heavy atom. The molecule has 15 heteroatoms. The van der Waals surface area contributed by atoms with E-state index in [0.29, 0.717) is 5.01 Å². The number of hydrogen-bond acceptors (Lipinski definition) is 5. The molecule has 3 aliphatic rings. The molecule has 2 amide bonds. The lowest BCUT2D eigenvalue weighted by atomic mass is 9.62. The van der Waals surface area contributed by atoms with Gasteiger partial charge in [0.1, 0.15) is 17.3 Å². The number of aliphatic hydroxyl groups is 1. The first-order valence-electron chi connectivity index (χ1n) is 14.0. The van der Waals surface area contributed by atoms with Gasteiger partial charge in [0.15, 0.2) is 11.6 Å². The van der Waals surface area contributed by atoms with Gasteiger partial charge in [0.25, 0.3) is 0 Å². The third-order valence-electron chi connectivity index (χ3n) is 8.84. The molecule has 2 heterocycles. The summed E-state index contributed by atoms with van der Waals surface area (Å²) < 4.78 is 88.6. The number of benzene rings is 2. The van der Waals surface area contributed by atoms with Gasteiger partial charge in [-0.25, -0.2) is 13.2 Å². The van der Waals surface area contributed by atoms with Crippen molar-refractivity contribution in [2.24, 2.45) is 5.41 Å². The van der Waals surface area contributed by atoms with Crippen molar-refractivity contribution in [3.8, 4) is 0 Å². The largest absolute Gasteiger partial charge is 0.480 e. The smallest absolute Gasteiger partial charge is 0.472 e.